The molecule has 2 rings (SSSR count). The average Bonchev–Trinajstić information content (AvgIpc) is 3.09. The molecule has 0 atom stereocenters. The van der Waals surface area contributed by atoms with Crippen LogP contribution < -0.4 is 19.5 Å². The van der Waals surface area contributed by atoms with Crippen LogP contribution in [0, 0.1) is 0 Å². The Hall–Kier alpha value is -2.81. The SMILES string of the molecule is CCOc1cc(C(=O)OCc2csc(NC(C)=O)n2)cc(OCC)c1OCC. The lowest BCUT2D eigenvalue weighted by Crippen LogP contribution is -2.09. The van der Waals surface area contributed by atoms with Crippen LogP contribution in [-0.4, -0.2) is 36.7 Å². The predicted octanol–water partition coefficient (Wildman–Crippen LogP) is 3.65. The highest BCUT2D eigenvalue weighted by molar-refractivity contribution is 7.13. The van der Waals surface area contributed by atoms with E-state index >= 15 is 0 Å². The number of esters is 1. The number of thiazole rings is 1. The van der Waals surface area contributed by atoms with E-state index in [0.29, 0.717) is 47.9 Å². The topological polar surface area (TPSA) is 96.0 Å². The maximum absolute atomic E-state index is 12.5. The summed E-state index contributed by atoms with van der Waals surface area (Å²) in [5.41, 5.74) is 0.829. The Labute approximate surface area is 167 Å². The molecule has 1 amide bonds. The standard InChI is InChI=1S/C19H24N2O6S/c1-5-24-15-8-13(9-16(25-6-2)17(15)26-7-3)18(23)27-10-14-11-28-19(21-14)20-12(4)22/h8-9,11H,5-7,10H2,1-4H3,(H,20,21,22). The minimum Gasteiger partial charge on any atom is -0.490 e. The third-order valence-electron chi connectivity index (χ3n) is 3.33. The van der Waals surface area contributed by atoms with Gasteiger partial charge in [-0.3, -0.25) is 4.79 Å². The summed E-state index contributed by atoms with van der Waals surface area (Å²) in [7, 11) is 0. The first-order chi connectivity index (χ1) is 13.5. The van der Waals surface area contributed by atoms with Gasteiger partial charge >= 0.3 is 5.97 Å². The fourth-order valence-corrected chi connectivity index (χ4v) is 3.05. The van der Waals surface area contributed by atoms with Gasteiger partial charge in [0.05, 0.1) is 31.1 Å². The fourth-order valence-electron chi connectivity index (χ4n) is 2.31. The number of amides is 1. The zero-order valence-electron chi connectivity index (χ0n) is 16.4. The molecule has 0 saturated carbocycles. The van der Waals surface area contributed by atoms with Crippen LogP contribution in [0.5, 0.6) is 17.2 Å². The van der Waals surface area contributed by atoms with Gasteiger partial charge in [-0.2, -0.15) is 0 Å². The van der Waals surface area contributed by atoms with E-state index in [1.165, 1.54) is 18.3 Å². The normalized spacial score (nSPS) is 10.3. The fraction of sp³-hybridized carbons (Fsp3) is 0.421. The quantitative estimate of drug-likeness (QED) is 0.599. The summed E-state index contributed by atoms with van der Waals surface area (Å²) in [6.45, 7) is 8.19. The zero-order chi connectivity index (χ0) is 20.5. The first-order valence-corrected chi connectivity index (χ1v) is 9.81. The van der Waals surface area contributed by atoms with Crippen molar-refractivity contribution in [3.63, 3.8) is 0 Å². The minimum atomic E-state index is -0.543. The van der Waals surface area contributed by atoms with E-state index in [1.54, 1.807) is 17.5 Å². The molecule has 9 heteroatoms. The van der Waals surface area contributed by atoms with Gasteiger partial charge in [-0.1, -0.05) is 0 Å². The summed E-state index contributed by atoms with van der Waals surface area (Å²) in [4.78, 5) is 27.8. The van der Waals surface area contributed by atoms with Crippen molar-refractivity contribution < 1.29 is 28.5 Å². The Morgan fingerprint density at radius 3 is 2.18 bits per heavy atom. The molecule has 1 N–H and O–H groups in total. The number of rotatable bonds is 10. The number of ether oxygens (including phenoxy) is 4. The van der Waals surface area contributed by atoms with Gasteiger partial charge in [0, 0.05) is 12.3 Å². The molecule has 152 valence electrons. The van der Waals surface area contributed by atoms with Crippen molar-refractivity contribution >= 4 is 28.3 Å². The summed E-state index contributed by atoms with van der Waals surface area (Å²) in [5.74, 6) is 0.549. The van der Waals surface area contributed by atoms with Crippen molar-refractivity contribution in [1.82, 2.24) is 4.98 Å². The average molecular weight is 408 g/mol. The van der Waals surface area contributed by atoms with E-state index in [-0.39, 0.29) is 18.1 Å². The molecule has 0 bridgehead atoms. The van der Waals surface area contributed by atoms with Gasteiger partial charge in [0.25, 0.3) is 0 Å². The van der Waals surface area contributed by atoms with Crippen molar-refractivity contribution in [2.75, 3.05) is 25.1 Å². The van der Waals surface area contributed by atoms with Gasteiger partial charge in [-0.05, 0) is 32.9 Å². The first-order valence-electron chi connectivity index (χ1n) is 8.93. The second kappa shape index (κ2) is 10.5. The van der Waals surface area contributed by atoms with Gasteiger partial charge in [-0.15, -0.1) is 11.3 Å². The second-order valence-corrected chi connectivity index (χ2v) is 6.36. The molecular formula is C19H24N2O6S. The van der Waals surface area contributed by atoms with Crippen LogP contribution in [0.15, 0.2) is 17.5 Å². The lowest BCUT2D eigenvalue weighted by atomic mass is 10.2. The molecule has 0 radical (unpaired) electrons. The third kappa shape index (κ3) is 5.85. The van der Waals surface area contributed by atoms with E-state index in [0.717, 1.165) is 0 Å². The summed E-state index contributed by atoms with van der Waals surface area (Å²) in [6.07, 6.45) is 0. The lowest BCUT2D eigenvalue weighted by Gasteiger charge is -2.16. The van der Waals surface area contributed by atoms with E-state index in [4.69, 9.17) is 18.9 Å². The largest absolute Gasteiger partial charge is 0.490 e. The van der Waals surface area contributed by atoms with Gasteiger partial charge in [0.15, 0.2) is 16.6 Å². The minimum absolute atomic E-state index is 0.0178. The van der Waals surface area contributed by atoms with Crippen LogP contribution in [0.4, 0.5) is 5.13 Å². The highest BCUT2D eigenvalue weighted by Crippen LogP contribution is 2.39. The Balaban J connectivity index is 2.16. The van der Waals surface area contributed by atoms with Gasteiger partial charge < -0.3 is 24.3 Å². The molecule has 0 unspecified atom stereocenters. The Bertz CT molecular complexity index is 794. The van der Waals surface area contributed by atoms with Crippen molar-refractivity contribution in [1.29, 1.82) is 0 Å². The van der Waals surface area contributed by atoms with Crippen molar-refractivity contribution in [2.24, 2.45) is 0 Å². The Morgan fingerprint density at radius 1 is 1.04 bits per heavy atom. The molecular weight excluding hydrogens is 384 g/mol. The number of carbonyl (C=O) groups is 2. The van der Waals surface area contributed by atoms with Crippen molar-refractivity contribution in [3.8, 4) is 17.2 Å². The highest BCUT2D eigenvalue weighted by Gasteiger charge is 2.19. The van der Waals surface area contributed by atoms with Crippen LogP contribution in [0.3, 0.4) is 0 Å². The maximum Gasteiger partial charge on any atom is 0.338 e. The van der Waals surface area contributed by atoms with Gasteiger partial charge in [0.2, 0.25) is 11.7 Å². The van der Waals surface area contributed by atoms with Gasteiger partial charge in [0.1, 0.15) is 6.61 Å². The molecule has 0 spiro atoms. The Kier molecular flexibility index (Phi) is 8.06. The summed E-state index contributed by atoms with van der Waals surface area (Å²) < 4.78 is 22.2. The number of hydrogen-bond donors (Lipinski definition) is 1. The number of nitrogens with one attached hydrogen (secondary N) is 1. The highest BCUT2D eigenvalue weighted by atomic mass is 32.1. The molecule has 0 aliphatic heterocycles. The van der Waals surface area contributed by atoms with Crippen molar-refractivity contribution in [2.45, 2.75) is 34.3 Å². The molecule has 1 aromatic carbocycles. The summed E-state index contributed by atoms with van der Waals surface area (Å²) in [5, 5.41) is 4.76. The van der Waals surface area contributed by atoms with Crippen molar-refractivity contribution in [3.05, 3.63) is 28.8 Å². The zero-order valence-corrected chi connectivity index (χ0v) is 17.2. The molecule has 8 nitrogen and oxygen atoms in total. The summed E-state index contributed by atoms with van der Waals surface area (Å²) >= 11 is 1.26. The number of carbonyl (C=O) groups excluding carboxylic acids is 2. The van der Waals surface area contributed by atoms with E-state index in [1.807, 2.05) is 20.8 Å². The smallest absolute Gasteiger partial charge is 0.338 e. The van der Waals surface area contributed by atoms with Gasteiger partial charge in [-0.25, -0.2) is 9.78 Å². The molecule has 28 heavy (non-hydrogen) atoms. The molecule has 0 aliphatic rings. The van der Waals surface area contributed by atoms with Crippen LogP contribution in [-0.2, 0) is 16.1 Å². The van der Waals surface area contributed by atoms with E-state index in [2.05, 4.69) is 10.3 Å². The number of benzene rings is 1. The second-order valence-electron chi connectivity index (χ2n) is 5.50. The molecule has 2 aromatic rings. The van der Waals surface area contributed by atoms with Crippen LogP contribution in [0.25, 0.3) is 0 Å². The maximum atomic E-state index is 12.5. The van der Waals surface area contributed by atoms with Crippen LogP contribution in [0.2, 0.25) is 0 Å². The van der Waals surface area contributed by atoms with E-state index < -0.39 is 5.97 Å². The number of hydrogen-bond acceptors (Lipinski definition) is 8. The van der Waals surface area contributed by atoms with E-state index in [9.17, 15) is 9.59 Å². The number of anilines is 1. The molecule has 1 aromatic heterocycles. The first kappa shape index (κ1) is 21.5. The number of nitrogens with zero attached hydrogens (tertiary/aromatic N) is 1. The Morgan fingerprint density at radius 2 is 1.64 bits per heavy atom. The molecule has 0 fully saturated rings. The molecule has 1 heterocycles. The molecule has 0 saturated heterocycles. The summed E-state index contributed by atoms with van der Waals surface area (Å²) in [6, 6.07) is 3.15. The molecule has 0 aliphatic carbocycles. The third-order valence-corrected chi connectivity index (χ3v) is 4.14. The lowest BCUT2D eigenvalue weighted by molar-refractivity contribution is -0.114. The number of aromatic nitrogens is 1. The predicted molar refractivity (Wildman–Crippen MR) is 105 cm³/mol. The monoisotopic (exact) mass is 408 g/mol. The van der Waals surface area contributed by atoms with Crippen LogP contribution in [0.1, 0.15) is 43.7 Å². The van der Waals surface area contributed by atoms with Crippen LogP contribution >= 0.6 is 11.3 Å².